The molecular weight excluding hydrogens is 162 g/mol. The number of hydrogen-bond acceptors (Lipinski definition) is 3. The van der Waals surface area contributed by atoms with Gasteiger partial charge in [0.1, 0.15) is 0 Å². The standard InChI is InChI=1S/C7H9NO4/c1-8-3-2-4(6(8)10)5(9)7(11)12/h9H,2-3H2,1H3,(H,11,12)/b5-4+. The van der Waals surface area contributed by atoms with Gasteiger partial charge < -0.3 is 15.1 Å². The summed E-state index contributed by atoms with van der Waals surface area (Å²) in [5.41, 5.74) is -0.00926. The molecule has 0 atom stereocenters. The number of likely N-dealkylation sites (N-methyl/N-ethyl adjacent to an activating group) is 1. The smallest absolute Gasteiger partial charge is 0.371 e. The summed E-state index contributed by atoms with van der Waals surface area (Å²) in [6.07, 6.45) is 0.299. The van der Waals surface area contributed by atoms with Crippen molar-refractivity contribution in [1.82, 2.24) is 4.90 Å². The molecule has 5 nitrogen and oxygen atoms in total. The molecule has 2 N–H and O–H groups in total. The van der Waals surface area contributed by atoms with Gasteiger partial charge >= 0.3 is 5.97 Å². The van der Waals surface area contributed by atoms with Crippen molar-refractivity contribution in [3.8, 4) is 0 Å². The van der Waals surface area contributed by atoms with Crippen LogP contribution in [0.25, 0.3) is 0 Å². The fourth-order valence-electron chi connectivity index (χ4n) is 1.07. The van der Waals surface area contributed by atoms with Gasteiger partial charge in [0.05, 0.1) is 5.57 Å². The van der Waals surface area contributed by atoms with E-state index in [9.17, 15) is 9.59 Å². The van der Waals surface area contributed by atoms with E-state index in [-0.39, 0.29) is 5.57 Å². The molecule has 5 heteroatoms. The topological polar surface area (TPSA) is 77.8 Å². The first-order chi connectivity index (χ1) is 5.54. The molecule has 0 unspecified atom stereocenters. The molecule has 1 aliphatic heterocycles. The highest BCUT2D eigenvalue weighted by Gasteiger charge is 2.28. The molecule has 1 rings (SSSR count). The van der Waals surface area contributed by atoms with E-state index in [1.807, 2.05) is 0 Å². The molecule has 0 spiro atoms. The second-order valence-corrected chi connectivity index (χ2v) is 2.61. The van der Waals surface area contributed by atoms with Crippen LogP contribution in [-0.2, 0) is 9.59 Å². The molecule has 1 amide bonds. The van der Waals surface area contributed by atoms with Crippen molar-refractivity contribution in [1.29, 1.82) is 0 Å². The average Bonchev–Trinajstić information content (AvgIpc) is 2.32. The number of rotatable bonds is 1. The lowest BCUT2D eigenvalue weighted by molar-refractivity contribution is -0.136. The van der Waals surface area contributed by atoms with Crippen molar-refractivity contribution in [3.05, 3.63) is 11.3 Å². The van der Waals surface area contributed by atoms with Crippen LogP contribution in [0.4, 0.5) is 0 Å². The monoisotopic (exact) mass is 171 g/mol. The molecule has 66 valence electrons. The zero-order valence-electron chi connectivity index (χ0n) is 6.57. The van der Waals surface area contributed by atoms with Gasteiger partial charge in [-0.15, -0.1) is 0 Å². The zero-order valence-corrected chi connectivity index (χ0v) is 6.57. The van der Waals surface area contributed by atoms with E-state index in [1.54, 1.807) is 7.05 Å². The minimum Gasteiger partial charge on any atom is -0.501 e. The minimum absolute atomic E-state index is 0.00926. The maximum atomic E-state index is 11.1. The molecule has 0 aliphatic carbocycles. The van der Waals surface area contributed by atoms with E-state index >= 15 is 0 Å². The average molecular weight is 171 g/mol. The normalized spacial score (nSPS) is 21.4. The Morgan fingerprint density at radius 2 is 2.08 bits per heavy atom. The number of aliphatic carboxylic acids is 1. The number of carboxylic acids is 1. The predicted octanol–water partition coefficient (Wildman–Crippen LogP) is -0.255. The van der Waals surface area contributed by atoms with Crippen molar-refractivity contribution in [2.75, 3.05) is 13.6 Å². The quantitative estimate of drug-likeness (QED) is 0.421. The Balaban J connectivity index is 2.97. The lowest BCUT2D eigenvalue weighted by Gasteiger charge is -2.04. The first-order valence-corrected chi connectivity index (χ1v) is 3.45. The maximum Gasteiger partial charge on any atom is 0.371 e. The molecule has 1 saturated heterocycles. The summed E-state index contributed by atoms with van der Waals surface area (Å²) in [7, 11) is 1.56. The van der Waals surface area contributed by atoms with Crippen LogP contribution in [0.15, 0.2) is 11.3 Å². The highest BCUT2D eigenvalue weighted by molar-refractivity contribution is 6.02. The number of aliphatic hydroxyl groups excluding tert-OH is 1. The van der Waals surface area contributed by atoms with E-state index in [4.69, 9.17) is 10.2 Å². The number of hydrogen-bond donors (Lipinski definition) is 2. The van der Waals surface area contributed by atoms with Gasteiger partial charge in [-0.3, -0.25) is 4.79 Å². The Kier molecular flexibility index (Phi) is 2.03. The molecule has 0 saturated carbocycles. The van der Waals surface area contributed by atoms with Crippen LogP contribution < -0.4 is 0 Å². The third kappa shape index (κ3) is 1.25. The number of carboxylic acid groups (broad SMARTS) is 1. The number of carbonyl (C=O) groups excluding carboxylic acids is 1. The number of amides is 1. The van der Waals surface area contributed by atoms with Crippen molar-refractivity contribution >= 4 is 11.9 Å². The minimum atomic E-state index is -1.45. The van der Waals surface area contributed by atoms with Crippen LogP contribution in [0.1, 0.15) is 6.42 Å². The van der Waals surface area contributed by atoms with Gasteiger partial charge in [0.15, 0.2) is 0 Å². The second kappa shape index (κ2) is 2.84. The van der Waals surface area contributed by atoms with E-state index < -0.39 is 17.6 Å². The highest BCUT2D eigenvalue weighted by atomic mass is 16.4. The molecule has 1 aliphatic rings. The molecule has 12 heavy (non-hydrogen) atoms. The van der Waals surface area contributed by atoms with Gasteiger partial charge in [-0.1, -0.05) is 0 Å². The first-order valence-electron chi connectivity index (χ1n) is 3.45. The summed E-state index contributed by atoms with van der Waals surface area (Å²) in [5, 5.41) is 17.3. The Morgan fingerprint density at radius 3 is 2.42 bits per heavy atom. The van der Waals surface area contributed by atoms with Crippen molar-refractivity contribution in [2.24, 2.45) is 0 Å². The summed E-state index contributed by atoms with van der Waals surface area (Å²) in [4.78, 5) is 22.7. The van der Waals surface area contributed by atoms with Crippen LogP contribution in [0, 0.1) is 0 Å². The molecule has 0 aromatic rings. The number of likely N-dealkylation sites (tertiary alicyclic amines) is 1. The Morgan fingerprint density at radius 1 is 1.50 bits per heavy atom. The van der Waals surface area contributed by atoms with Gasteiger partial charge in [-0.2, -0.15) is 0 Å². The second-order valence-electron chi connectivity index (χ2n) is 2.61. The van der Waals surface area contributed by atoms with E-state index in [0.717, 1.165) is 0 Å². The maximum absolute atomic E-state index is 11.1. The molecule has 1 heterocycles. The van der Waals surface area contributed by atoms with Crippen LogP contribution >= 0.6 is 0 Å². The van der Waals surface area contributed by atoms with E-state index in [0.29, 0.717) is 13.0 Å². The number of carbonyl (C=O) groups is 2. The Hall–Kier alpha value is -1.52. The Bertz CT molecular complexity index is 269. The van der Waals surface area contributed by atoms with Crippen LogP contribution in [-0.4, -0.2) is 40.6 Å². The Labute approximate surface area is 68.9 Å². The first kappa shape index (κ1) is 8.58. The summed E-state index contributed by atoms with van der Waals surface area (Å²) < 4.78 is 0. The molecule has 0 aromatic heterocycles. The van der Waals surface area contributed by atoms with Crippen LogP contribution in [0.2, 0.25) is 0 Å². The van der Waals surface area contributed by atoms with Gasteiger partial charge in [0, 0.05) is 13.6 Å². The zero-order chi connectivity index (χ0) is 9.30. The van der Waals surface area contributed by atoms with Crippen molar-refractivity contribution < 1.29 is 19.8 Å². The van der Waals surface area contributed by atoms with E-state index in [1.165, 1.54) is 4.90 Å². The molecule has 0 aromatic carbocycles. The fraction of sp³-hybridized carbons (Fsp3) is 0.429. The SMILES string of the molecule is CN1CC/C(=C(\O)C(=O)O)C1=O. The van der Waals surface area contributed by atoms with Crippen molar-refractivity contribution in [2.45, 2.75) is 6.42 Å². The summed E-state index contributed by atoms with van der Waals surface area (Å²) in [5.74, 6) is -2.69. The van der Waals surface area contributed by atoms with Gasteiger partial charge in [0.2, 0.25) is 5.76 Å². The van der Waals surface area contributed by atoms with Gasteiger partial charge in [0.25, 0.3) is 5.91 Å². The highest BCUT2D eigenvalue weighted by Crippen LogP contribution is 2.17. The summed E-state index contributed by atoms with van der Waals surface area (Å²) >= 11 is 0. The van der Waals surface area contributed by atoms with Crippen LogP contribution in [0.5, 0.6) is 0 Å². The predicted molar refractivity (Wildman–Crippen MR) is 39.5 cm³/mol. The molecule has 0 radical (unpaired) electrons. The summed E-state index contributed by atoms with van der Waals surface area (Å²) in [6, 6.07) is 0. The number of aliphatic hydroxyl groups is 1. The van der Waals surface area contributed by atoms with Crippen LogP contribution in [0.3, 0.4) is 0 Å². The van der Waals surface area contributed by atoms with Gasteiger partial charge in [-0.25, -0.2) is 4.79 Å². The summed E-state index contributed by atoms with van der Waals surface area (Å²) in [6.45, 7) is 0.464. The number of nitrogens with zero attached hydrogens (tertiary/aromatic N) is 1. The third-order valence-electron chi connectivity index (χ3n) is 1.79. The fourth-order valence-corrected chi connectivity index (χ4v) is 1.07. The molecular formula is C7H9NO4. The lowest BCUT2D eigenvalue weighted by Crippen LogP contribution is -2.20. The largest absolute Gasteiger partial charge is 0.501 e. The third-order valence-corrected chi connectivity index (χ3v) is 1.79. The lowest BCUT2D eigenvalue weighted by atomic mass is 10.2. The van der Waals surface area contributed by atoms with E-state index in [2.05, 4.69) is 0 Å². The molecule has 1 fully saturated rings. The van der Waals surface area contributed by atoms with Gasteiger partial charge in [-0.05, 0) is 6.42 Å². The van der Waals surface area contributed by atoms with Crippen molar-refractivity contribution in [3.63, 3.8) is 0 Å². The molecule has 0 bridgehead atoms.